The minimum Gasteiger partial charge on any atom is -0.452 e. The summed E-state index contributed by atoms with van der Waals surface area (Å²) in [5.74, 6) is -1.38. The Morgan fingerprint density at radius 2 is 1.96 bits per heavy atom. The third kappa shape index (κ3) is 5.18. The summed E-state index contributed by atoms with van der Waals surface area (Å²) in [6.45, 7) is 1.23. The van der Waals surface area contributed by atoms with E-state index >= 15 is 0 Å². The summed E-state index contributed by atoms with van der Waals surface area (Å²) in [5.41, 5.74) is 0.308. The summed E-state index contributed by atoms with van der Waals surface area (Å²) in [6, 6.07) is 10.1. The Balaban J connectivity index is 1.93. The van der Waals surface area contributed by atoms with E-state index in [0.717, 1.165) is 11.6 Å². The highest BCUT2D eigenvalue weighted by Gasteiger charge is 2.18. The lowest BCUT2D eigenvalue weighted by atomic mass is 10.1. The Bertz CT molecular complexity index is 857. The molecule has 0 unspecified atom stereocenters. The number of nitro benzene ring substituents is 1. The lowest BCUT2D eigenvalue weighted by Gasteiger charge is -2.14. The smallest absolute Gasteiger partial charge is 0.338 e. The van der Waals surface area contributed by atoms with Gasteiger partial charge in [0.2, 0.25) is 0 Å². The number of ether oxygens (including phenoxy) is 1. The summed E-state index contributed by atoms with van der Waals surface area (Å²) in [4.78, 5) is 34.0. The van der Waals surface area contributed by atoms with Crippen LogP contribution in [-0.2, 0) is 9.53 Å². The summed E-state index contributed by atoms with van der Waals surface area (Å²) in [6.07, 6.45) is 0. The Morgan fingerprint density at radius 1 is 1.23 bits per heavy atom. The van der Waals surface area contributed by atoms with E-state index in [1.54, 1.807) is 31.2 Å². The topological polar surface area (TPSA) is 98.5 Å². The van der Waals surface area contributed by atoms with Crippen LogP contribution in [-0.4, -0.2) is 23.4 Å². The van der Waals surface area contributed by atoms with Crippen molar-refractivity contribution in [2.75, 3.05) is 6.61 Å². The number of benzene rings is 2. The maximum Gasteiger partial charge on any atom is 0.338 e. The minimum absolute atomic E-state index is 0.0724. The van der Waals surface area contributed by atoms with Crippen LogP contribution in [0.25, 0.3) is 0 Å². The number of rotatable bonds is 6. The van der Waals surface area contributed by atoms with Gasteiger partial charge in [-0.25, -0.2) is 4.79 Å². The molecule has 2 aromatic carbocycles. The van der Waals surface area contributed by atoms with Crippen LogP contribution in [0.2, 0.25) is 10.0 Å². The minimum atomic E-state index is -0.865. The molecule has 0 fully saturated rings. The fourth-order valence-electron chi connectivity index (χ4n) is 2.14. The Kier molecular flexibility index (Phi) is 6.54. The Labute approximate surface area is 159 Å². The first kappa shape index (κ1) is 19.7. The number of esters is 1. The van der Waals surface area contributed by atoms with Gasteiger partial charge >= 0.3 is 5.97 Å². The molecular weight excluding hydrogens is 383 g/mol. The van der Waals surface area contributed by atoms with E-state index in [9.17, 15) is 19.7 Å². The molecule has 0 radical (unpaired) electrons. The highest BCUT2D eigenvalue weighted by atomic mass is 35.5. The van der Waals surface area contributed by atoms with Crippen molar-refractivity contribution in [3.05, 3.63) is 73.8 Å². The second-order valence-corrected chi connectivity index (χ2v) is 6.19. The van der Waals surface area contributed by atoms with E-state index in [0.29, 0.717) is 5.02 Å². The largest absolute Gasteiger partial charge is 0.452 e. The predicted octanol–water partition coefficient (Wildman–Crippen LogP) is 3.94. The molecule has 7 nitrogen and oxygen atoms in total. The molecular formula is C17H14Cl2N2O5. The molecule has 0 heterocycles. The third-order valence-corrected chi connectivity index (χ3v) is 3.99. The number of nitro groups is 1. The number of halogens is 2. The van der Waals surface area contributed by atoms with E-state index in [1.165, 1.54) is 12.1 Å². The number of hydrogen-bond acceptors (Lipinski definition) is 5. The van der Waals surface area contributed by atoms with Gasteiger partial charge < -0.3 is 10.1 Å². The molecule has 1 N–H and O–H groups in total. The van der Waals surface area contributed by atoms with Crippen molar-refractivity contribution in [2.24, 2.45) is 0 Å². The monoisotopic (exact) mass is 396 g/mol. The molecule has 0 aliphatic carbocycles. The lowest BCUT2D eigenvalue weighted by Crippen LogP contribution is -2.31. The van der Waals surface area contributed by atoms with Crippen molar-refractivity contribution in [2.45, 2.75) is 13.0 Å². The molecule has 0 spiro atoms. The predicted molar refractivity (Wildman–Crippen MR) is 96.4 cm³/mol. The fraction of sp³-hybridized carbons (Fsp3) is 0.176. The van der Waals surface area contributed by atoms with Crippen LogP contribution in [0, 0.1) is 10.1 Å². The van der Waals surface area contributed by atoms with Gasteiger partial charge in [0, 0.05) is 11.1 Å². The third-order valence-electron chi connectivity index (χ3n) is 3.44. The van der Waals surface area contributed by atoms with Gasteiger partial charge in [0.15, 0.2) is 6.61 Å². The van der Waals surface area contributed by atoms with E-state index < -0.39 is 29.1 Å². The van der Waals surface area contributed by atoms with Crippen LogP contribution in [0.15, 0.2) is 42.5 Å². The maximum atomic E-state index is 12.0. The van der Waals surface area contributed by atoms with Gasteiger partial charge in [-0.3, -0.25) is 14.9 Å². The van der Waals surface area contributed by atoms with Crippen LogP contribution in [0.1, 0.15) is 28.9 Å². The summed E-state index contributed by atoms with van der Waals surface area (Å²) >= 11 is 11.6. The molecule has 0 aliphatic heterocycles. The summed E-state index contributed by atoms with van der Waals surface area (Å²) in [5, 5.41) is 13.9. The summed E-state index contributed by atoms with van der Waals surface area (Å²) in [7, 11) is 0. The van der Waals surface area contributed by atoms with Crippen LogP contribution < -0.4 is 5.32 Å². The molecule has 0 saturated heterocycles. The standard InChI is InChI=1S/C17H14Cl2N2O5/c1-10(11-3-2-4-13(18)7-11)20-16(22)9-26-17(23)12-5-6-14(19)15(8-12)21(24)25/h2-8,10H,9H2,1H3,(H,20,22)/t10-/m1/s1. The van der Waals surface area contributed by atoms with E-state index in [-0.39, 0.29) is 16.6 Å². The van der Waals surface area contributed by atoms with Crippen LogP contribution >= 0.6 is 23.2 Å². The fourth-order valence-corrected chi connectivity index (χ4v) is 2.52. The number of carbonyl (C=O) groups excluding carboxylic acids is 2. The molecule has 0 saturated carbocycles. The Morgan fingerprint density at radius 3 is 2.62 bits per heavy atom. The number of nitrogens with zero attached hydrogens (tertiary/aromatic N) is 1. The zero-order chi connectivity index (χ0) is 19.3. The number of hydrogen-bond donors (Lipinski definition) is 1. The molecule has 0 bridgehead atoms. The zero-order valence-electron chi connectivity index (χ0n) is 13.6. The quantitative estimate of drug-likeness (QED) is 0.452. The van der Waals surface area contributed by atoms with Crippen molar-refractivity contribution in [3.63, 3.8) is 0 Å². The van der Waals surface area contributed by atoms with Gasteiger partial charge in [-0.05, 0) is 36.8 Å². The highest BCUT2D eigenvalue weighted by molar-refractivity contribution is 6.32. The summed E-state index contributed by atoms with van der Waals surface area (Å²) < 4.78 is 4.88. The van der Waals surface area contributed by atoms with Gasteiger partial charge in [-0.2, -0.15) is 0 Å². The van der Waals surface area contributed by atoms with Gasteiger partial charge in [0.25, 0.3) is 11.6 Å². The molecule has 1 atom stereocenters. The van der Waals surface area contributed by atoms with Crippen LogP contribution in [0.3, 0.4) is 0 Å². The van der Waals surface area contributed by atoms with Crippen molar-refractivity contribution in [1.29, 1.82) is 0 Å². The van der Waals surface area contributed by atoms with Crippen LogP contribution in [0.4, 0.5) is 5.69 Å². The maximum absolute atomic E-state index is 12.0. The van der Waals surface area contributed by atoms with Crippen molar-refractivity contribution < 1.29 is 19.2 Å². The molecule has 1 amide bonds. The van der Waals surface area contributed by atoms with Gasteiger partial charge in [0.1, 0.15) is 5.02 Å². The van der Waals surface area contributed by atoms with Crippen LogP contribution in [0.5, 0.6) is 0 Å². The number of carbonyl (C=O) groups is 2. The normalized spacial score (nSPS) is 11.5. The van der Waals surface area contributed by atoms with Gasteiger partial charge in [-0.15, -0.1) is 0 Å². The zero-order valence-corrected chi connectivity index (χ0v) is 15.1. The molecule has 2 rings (SSSR count). The average molecular weight is 397 g/mol. The Hall–Kier alpha value is -2.64. The van der Waals surface area contributed by atoms with Gasteiger partial charge in [0.05, 0.1) is 16.5 Å². The second-order valence-electron chi connectivity index (χ2n) is 5.34. The van der Waals surface area contributed by atoms with E-state index in [1.807, 2.05) is 0 Å². The van der Waals surface area contributed by atoms with Crippen molar-refractivity contribution in [3.8, 4) is 0 Å². The van der Waals surface area contributed by atoms with E-state index in [4.69, 9.17) is 27.9 Å². The average Bonchev–Trinajstić information content (AvgIpc) is 2.59. The molecule has 0 aromatic heterocycles. The van der Waals surface area contributed by atoms with Crippen molar-refractivity contribution >= 4 is 40.8 Å². The molecule has 26 heavy (non-hydrogen) atoms. The highest BCUT2D eigenvalue weighted by Crippen LogP contribution is 2.25. The first-order chi connectivity index (χ1) is 12.3. The number of amides is 1. The molecule has 2 aromatic rings. The second kappa shape index (κ2) is 8.64. The first-order valence-electron chi connectivity index (χ1n) is 7.44. The van der Waals surface area contributed by atoms with Gasteiger partial charge in [-0.1, -0.05) is 35.3 Å². The molecule has 9 heteroatoms. The number of nitrogens with one attached hydrogen (secondary N) is 1. The lowest BCUT2D eigenvalue weighted by molar-refractivity contribution is -0.384. The molecule has 0 aliphatic rings. The first-order valence-corrected chi connectivity index (χ1v) is 8.19. The molecule has 136 valence electrons. The SMILES string of the molecule is C[C@@H](NC(=O)COC(=O)c1ccc(Cl)c([N+](=O)[O-])c1)c1cccc(Cl)c1. The van der Waals surface area contributed by atoms with Crippen molar-refractivity contribution in [1.82, 2.24) is 5.32 Å². The van der Waals surface area contributed by atoms with E-state index in [2.05, 4.69) is 5.32 Å².